The number of hydrogen-bond acceptors (Lipinski definition) is 3. The standard InChI is InChI=1S/C10H8ClNOS/c11-6-4-9(14-5-6)10-7(12)2-1-3-8(10)13/h1-5,13H,12H2. The summed E-state index contributed by atoms with van der Waals surface area (Å²) in [6.45, 7) is 0. The summed E-state index contributed by atoms with van der Waals surface area (Å²) in [5.74, 6) is 0.184. The van der Waals surface area contributed by atoms with E-state index in [1.807, 2.05) is 5.38 Å². The number of nitrogen functional groups attached to an aromatic ring is 1. The number of halogens is 1. The summed E-state index contributed by atoms with van der Waals surface area (Å²) in [6, 6.07) is 6.86. The second kappa shape index (κ2) is 3.52. The minimum atomic E-state index is 0.184. The van der Waals surface area contributed by atoms with Gasteiger partial charge in [0.05, 0.1) is 10.6 Å². The lowest BCUT2D eigenvalue weighted by atomic mass is 10.1. The first-order valence-corrected chi connectivity index (χ1v) is 5.26. The molecular weight excluding hydrogens is 218 g/mol. The number of hydrogen-bond donors (Lipinski definition) is 2. The lowest BCUT2D eigenvalue weighted by Gasteiger charge is -2.04. The normalized spacial score (nSPS) is 10.4. The van der Waals surface area contributed by atoms with E-state index < -0.39 is 0 Å². The van der Waals surface area contributed by atoms with Crippen molar-refractivity contribution >= 4 is 28.6 Å². The van der Waals surface area contributed by atoms with Crippen LogP contribution in [-0.2, 0) is 0 Å². The van der Waals surface area contributed by atoms with Crippen molar-refractivity contribution < 1.29 is 5.11 Å². The minimum Gasteiger partial charge on any atom is -0.507 e. The van der Waals surface area contributed by atoms with E-state index in [1.165, 1.54) is 11.3 Å². The number of thiophene rings is 1. The molecule has 0 aliphatic heterocycles. The van der Waals surface area contributed by atoms with Gasteiger partial charge >= 0.3 is 0 Å². The Morgan fingerprint density at radius 2 is 2.14 bits per heavy atom. The lowest BCUT2D eigenvalue weighted by molar-refractivity contribution is 0.478. The molecule has 1 heterocycles. The van der Waals surface area contributed by atoms with Gasteiger partial charge in [0, 0.05) is 15.9 Å². The van der Waals surface area contributed by atoms with Crippen molar-refractivity contribution in [1.82, 2.24) is 0 Å². The number of phenols is 1. The quantitative estimate of drug-likeness (QED) is 0.731. The predicted octanol–water partition coefficient (Wildman–Crippen LogP) is 3.36. The Kier molecular flexibility index (Phi) is 2.35. The van der Waals surface area contributed by atoms with E-state index in [1.54, 1.807) is 24.3 Å². The Bertz CT molecular complexity index is 447. The first-order valence-electron chi connectivity index (χ1n) is 4.00. The summed E-state index contributed by atoms with van der Waals surface area (Å²) < 4.78 is 0. The van der Waals surface area contributed by atoms with Gasteiger partial charge in [-0.2, -0.15) is 0 Å². The summed E-state index contributed by atoms with van der Waals surface area (Å²) in [4.78, 5) is 0.880. The maximum Gasteiger partial charge on any atom is 0.126 e. The number of nitrogens with two attached hydrogens (primary N) is 1. The molecule has 4 heteroatoms. The van der Waals surface area contributed by atoms with E-state index in [0.717, 1.165) is 4.88 Å². The van der Waals surface area contributed by atoms with Gasteiger partial charge in [0.25, 0.3) is 0 Å². The van der Waals surface area contributed by atoms with E-state index >= 15 is 0 Å². The Balaban J connectivity index is 2.61. The fourth-order valence-corrected chi connectivity index (χ4v) is 2.42. The van der Waals surface area contributed by atoms with Gasteiger partial charge < -0.3 is 10.8 Å². The molecule has 0 fully saturated rings. The van der Waals surface area contributed by atoms with Crippen LogP contribution in [0, 0.1) is 0 Å². The molecule has 72 valence electrons. The average molecular weight is 226 g/mol. The highest BCUT2D eigenvalue weighted by molar-refractivity contribution is 7.14. The van der Waals surface area contributed by atoms with Gasteiger partial charge in [-0.25, -0.2) is 0 Å². The molecule has 1 aromatic carbocycles. The zero-order chi connectivity index (χ0) is 10.1. The van der Waals surface area contributed by atoms with Crippen LogP contribution < -0.4 is 5.73 Å². The van der Waals surface area contributed by atoms with Crippen molar-refractivity contribution in [3.05, 3.63) is 34.7 Å². The number of phenolic OH excluding ortho intramolecular Hbond substituents is 1. The van der Waals surface area contributed by atoms with E-state index in [0.29, 0.717) is 16.3 Å². The van der Waals surface area contributed by atoms with Crippen LogP contribution in [0.1, 0.15) is 0 Å². The van der Waals surface area contributed by atoms with Gasteiger partial charge in [-0.15, -0.1) is 11.3 Å². The summed E-state index contributed by atoms with van der Waals surface area (Å²) in [5, 5.41) is 12.1. The van der Waals surface area contributed by atoms with E-state index in [4.69, 9.17) is 17.3 Å². The number of aromatic hydroxyl groups is 1. The molecule has 0 aliphatic carbocycles. The molecule has 0 bridgehead atoms. The van der Waals surface area contributed by atoms with Gasteiger partial charge in [0.15, 0.2) is 0 Å². The van der Waals surface area contributed by atoms with Gasteiger partial charge in [-0.1, -0.05) is 17.7 Å². The zero-order valence-electron chi connectivity index (χ0n) is 7.20. The highest BCUT2D eigenvalue weighted by Gasteiger charge is 2.09. The number of benzene rings is 1. The largest absolute Gasteiger partial charge is 0.507 e. The van der Waals surface area contributed by atoms with Crippen LogP contribution in [0.2, 0.25) is 5.02 Å². The van der Waals surface area contributed by atoms with Gasteiger partial charge in [-0.05, 0) is 18.2 Å². The second-order valence-electron chi connectivity index (χ2n) is 2.87. The van der Waals surface area contributed by atoms with Crippen molar-refractivity contribution in [2.45, 2.75) is 0 Å². The fraction of sp³-hybridized carbons (Fsp3) is 0. The first kappa shape index (κ1) is 9.37. The maximum atomic E-state index is 9.64. The topological polar surface area (TPSA) is 46.2 Å². The molecule has 2 rings (SSSR count). The summed E-state index contributed by atoms with van der Waals surface area (Å²) >= 11 is 7.26. The molecule has 0 saturated heterocycles. The van der Waals surface area contributed by atoms with Crippen molar-refractivity contribution in [2.24, 2.45) is 0 Å². The van der Waals surface area contributed by atoms with E-state index in [9.17, 15) is 5.11 Å². The fourth-order valence-electron chi connectivity index (χ4n) is 1.27. The number of anilines is 1. The Morgan fingerprint density at radius 1 is 1.36 bits per heavy atom. The molecule has 0 radical (unpaired) electrons. The molecule has 0 saturated carbocycles. The summed E-state index contributed by atoms with van der Waals surface area (Å²) in [7, 11) is 0. The highest BCUT2D eigenvalue weighted by atomic mass is 35.5. The molecule has 0 aliphatic rings. The molecule has 1 aromatic heterocycles. The molecule has 0 spiro atoms. The summed E-state index contributed by atoms with van der Waals surface area (Å²) in [5.41, 5.74) is 6.98. The van der Waals surface area contributed by atoms with Crippen LogP contribution in [-0.4, -0.2) is 5.11 Å². The molecule has 14 heavy (non-hydrogen) atoms. The molecule has 0 amide bonds. The van der Waals surface area contributed by atoms with Crippen LogP contribution >= 0.6 is 22.9 Å². The van der Waals surface area contributed by atoms with E-state index in [2.05, 4.69) is 0 Å². The van der Waals surface area contributed by atoms with Crippen molar-refractivity contribution in [3.63, 3.8) is 0 Å². The van der Waals surface area contributed by atoms with Crippen LogP contribution in [0.4, 0.5) is 5.69 Å². The first-order chi connectivity index (χ1) is 6.68. The maximum absolute atomic E-state index is 9.64. The van der Waals surface area contributed by atoms with Crippen LogP contribution in [0.5, 0.6) is 5.75 Å². The molecule has 0 atom stereocenters. The predicted molar refractivity (Wildman–Crippen MR) is 60.8 cm³/mol. The molecule has 2 aromatic rings. The van der Waals surface area contributed by atoms with E-state index in [-0.39, 0.29) is 5.75 Å². The highest BCUT2D eigenvalue weighted by Crippen LogP contribution is 2.38. The Hall–Kier alpha value is -1.19. The molecule has 3 N–H and O–H groups in total. The average Bonchev–Trinajstić information content (AvgIpc) is 2.51. The third-order valence-electron chi connectivity index (χ3n) is 1.89. The monoisotopic (exact) mass is 225 g/mol. The zero-order valence-corrected chi connectivity index (χ0v) is 8.77. The third kappa shape index (κ3) is 1.56. The Labute approximate surface area is 90.6 Å². The van der Waals surface area contributed by atoms with Crippen molar-refractivity contribution in [2.75, 3.05) is 5.73 Å². The second-order valence-corrected chi connectivity index (χ2v) is 4.22. The summed E-state index contributed by atoms with van der Waals surface area (Å²) in [6.07, 6.45) is 0. The van der Waals surface area contributed by atoms with Crippen LogP contribution in [0.3, 0.4) is 0 Å². The molecule has 2 nitrogen and oxygen atoms in total. The Morgan fingerprint density at radius 3 is 2.71 bits per heavy atom. The molecular formula is C10H8ClNOS. The van der Waals surface area contributed by atoms with Gasteiger partial charge in [0.2, 0.25) is 0 Å². The molecule has 0 unspecified atom stereocenters. The van der Waals surface area contributed by atoms with Crippen molar-refractivity contribution in [1.29, 1.82) is 0 Å². The smallest absolute Gasteiger partial charge is 0.126 e. The SMILES string of the molecule is Nc1cccc(O)c1-c1cc(Cl)cs1. The van der Waals surface area contributed by atoms with Crippen LogP contribution in [0.15, 0.2) is 29.6 Å². The van der Waals surface area contributed by atoms with Crippen LogP contribution in [0.25, 0.3) is 10.4 Å². The van der Waals surface area contributed by atoms with Gasteiger partial charge in [0.1, 0.15) is 5.75 Å². The lowest BCUT2D eigenvalue weighted by Crippen LogP contribution is -1.88. The van der Waals surface area contributed by atoms with Crippen molar-refractivity contribution in [3.8, 4) is 16.2 Å². The van der Waals surface area contributed by atoms with Gasteiger partial charge in [-0.3, -0.25) is 0 Å². The third-order valence-corrected chi connectivity index (χ3v) is 3.18. The minimum absolute atomic E-state index is 0.184. The number of rotatable bonds is 1.